The van der Waals surface area contributed by atoms with Crippen molar-refractivity contribution < 1.29 is 0 Å². The number of hydrogen-bond acceptors (Lipinski definition) is 3. The van der Waals surface area contributed by atoms with Crippen molar-refractivity contribution in [1.29, 1.82) is 0 Å². The van der Waals surface area contributed by atoms with Gasteiger partial charge in [-0.2, -0.15) is 4.98 Å². The second-order valence-corrected chi connectivity index (χ2v) is 5.69. The van der Waals surface area contributed by atoms with Crippen molar-refractivity contribution in [2.45, 2.75) is 19.3 Å². The molecule has 1 aliphatic rings. The van der Waals surface area contributed by atoms with Crippen molar-refractivity contribution in [2.75, 3.05) is 18.0 Å². The van der Waals surface area contributed by atoms with Gasteiger partial charge in [0, 0.05) is 42.8 Å². The topological polar surface area (TPSA) is 49.7 Å². The molecule has 3 heterocycles. The first-order valence-corrected chi connectivity index (χ1v) is 7.55. The number of benzene rings is 1. The zero-order valence-electron chi connectivity index (χ0n) is 12.2. The molecule has 5 heteroatoms. The first kappa shape index (κ1) is 12.4. The van der Waals surface area contributed by atoms with Gasteiger partial charge in [0.05, 0.1) is 0 Å². The van der Waals surface area contributed by atoms with Gasteiger partial charge in [-0.3, -0.25) is 0 Å². The Labute approximate surface area is 123 Å². The Morgan fingerprint density at radius 3 is 2.81 bits per heavy atom. The van der Waals surface area contributed by atoms with Crippen molar-refractivity contribution in [1.82, 2.24) is 19.7 Å². The third-order valence-electron chi connectivity index (χ3n) is 4.19. The number of anilines is 1. The zero-order chi connectivity index (χ0) is 14.2. The Hall–Kier alpha value is -2.30. The standard InChI is InChI=1S/C16H19N5/c1-20-16(21-9-3-2-4-10-21)18-15(19-20)13-5-6-14-12(11-13)7-8-17-14/h5-8,11,17H,2-4,9-10H2,1H3. The van der Waals surface area contributed by atoms with Crippen LogP contribution in [0, 0.1) is 0 Å². The lowest BCUT2D eigenvalue weighted by atomic mass is 10.1. The first-order valence-electron chi connectivity index (χ1n) is 7.55. The van der Waals surface area contributed by atoms with Gasteiger partial charge in [-0.25, -0.2) is 4.68 Å². The predicted molar refractivity (Wildman–Crippen MR) is 84.4 cm³/mol. The second-order valence-electron chi connectivity index (χ2n) is 5.69. The monoisotopic (exact) mass is 281 g/mol. The molecule has 108 valence electrons. The van der Waals surface area contributed by atoms with Gasteiger partial charge in [0.2, 0.25) is 5.95 Å². The van der Waals surface area contributed by atoms with Crippen LogP contribution in [0.2, 0.25) is 0 Å². The van der Waals surface area contributed by atoms with Gasteiger partial charge in [0.25, 0.3) is 0 Å². The number of H-pyrrole nitrogens is 1. The molecular formula is C16H19N5. The van der Waals surface area contributed by atoms with Crippen molar-refractivity contribution in [2.24, 2.45) is 7.05 Å². The van der Waals surface area contributed by atoms with E-state index in [1.807, 2.05) is 17.9 Å². The number of aryl methyl sites for hydroxylation is 1. The molecule has 0 amide bonds. The number of nitrogens with zero attached hydrogens (tertiary/aromatic N) is 4. The number of rotatable bonds is 2. The number of aromatic amines is 1. The maximum Gasteiger partial charge on any atom is 0.224 e. The minimum absolute atomic E-state index is 0.807. The van der Waals surface area contributed by atoms with Crippen LogP contribution < -0.4 is 4.90 Å². The summed E-state index contributed by atoms with van der Waals surface area (Å²) < 4.78 is 1.90. The Morgan fingerprint density at radius 1 is 1.10 bits per heavy atom. The fourth-order valence-electron chi connectivity index (χ4n) is 3.06. The molecule has 1 aliphatic heterocycles. The van der Waals surface area contributed by atoms with Gasteiger partial charge >= 0.3 is 0 Å². The molecule has 1 saturated heterocycles. The Morgan fingerprint density at radius 2 is 1.95 bits per heavy atom. The Bertz CT molecular complexity index is 764. The van der Waals surface area contributed by atoms with Crippen molar-refractivity contribution in [3.8, 4) is 11.4 Å². The fraction of sp³-hybridized carbons (Fsp3) is 0.375. The smallest absolute Gasteiger partial charge is 0.224 e. The maximum atomic E-state index is 4.76. The molecule has 0 unspecified atom stereocenters. The van der Waals surface area contributed by atoms with E-state index in [0.717, 1.165) is 35.9 Å². The zero-order valence-corrected chi connectivity index (χ0v) is 12.2. The number of piperidine rings is 1. The van der Waals surface area contributed by atoms with E-state index in [1.54, 1.807) is 0 Å². The fourth-order valence-corrected chi connectivity index (χ4v) is 3.06. The van der Waals surface area contributed by atoms with E-state index in [1.165, 1.54) is 24.6 Å². The van der Waals surface area contributed by atoms with Gasteiger partial charge in [0.1, 0.15) is 0 Å². The molecule has 0 radical (unpaired) electrons. The summed E-state index contributed by atoms with van der Waals surface area (Å²) in [7, 11) is 1.98. The highest BCUT2D eigenvalue weighted by molar-refractivity contribution is 5.83. The van der Waals surface area contributed by atoms with Crippen LogP contribution in [-0.2, 0) is 7.05 Å². The molecule has 0 aliphatic carbocycles. The van der Waals surface area contributed by atoms with Crippen LogP contribution in [0.3, 0.4) is 0 Å². The van der Waals surface area contributed by atoms with E-state index < -0.39 is 0 Å². The van der Waals surface area contributed by atoms with Crippen molar-refractivity contribution in [3.63, 3.8) is 0 Å². The van der Waals surface area contributed by atoms with E-state index >= 15 is 0 Å². The molecule has 1 N–H and O–H groups in total. The SMILES string of the molecule is Cn1nc(-c2ccc3[nH]ccc3c2)nc1N1CCCCC1. The number of nitrogens with one attached hydrogen (secondary N) is 1. The summed E-state index contributed by atoms with van der Waals surface area (Å²) in [5, 5.41) is 5.79. The number of hydrogen-bond donors (Lipinski definition) is 1. The Kier molecular flexibility index (Phi) is 2.91. The predicted octanol–water partition coefficient (Wildman–Crippen LogP) is 2.95. The van der Waals surface area contributed by atoms with E-state index in [9.17, 15) is 0 Å². The summed E-state index contributed by atoms with van der Waals surface area (Å²) in [6.07, 6.45) is 5.78. The maximum absolute atomic E-state index is 4.76. The lowest BCUT2D eigenvalue weighted by molar-refractivity contribution is 0.557. The quantitative estimate of drug-likeness (QED) is 0.785. The summed E-state index contributed by atoms with van der Waals surface area (Å²) in [5.74, 6) is 1.79. The van der Waals surface area contributed by atoms with Crippen LogP contribution in [0.4, 0.5) is 5.95 Å². The molecular weight excluding hydrogens is 262 g/mol. The molecule has 2 aromatic heterocycles. The average Bonchev–Trinajstić information content (AvgIpc) is 3.13. The highest BCUT2D eigenvalue weighted by Gasteiger charge is 2.18. The molecule has 0 bridgehead atoms. The summed E-state index contributed by atoms with van der Waals surface area (Å²) in [6, 6.07) is 8.38. The molecule has 0 spiro atoms. The summed E-state index contributed by atoms with van der Waals surface area (Å²) in [6.45, 7) is 2.17. The van der Waals surface area contributed by atoms with Gasteiger partial charge in [-0.15, -0.1) is 5.10 Å². The largest absolute Gasteiger partial charge is 0.361 e. The summed E-state index contributed by atoms with van der Waals surface area (Å²) in [4.78, 5) is 10.3. The first-order chi connectivity index (χ1) is 10.3. The van der Waals surface area contributed by atoms with E-state index in [-0.39, 0.29) is 0 Å². The highest BCUT2D eigenvalue weighted by Crippen LogP contribution is 2.24. The van der Waals surface area contributed by atoms with Crippen LogP contribution in [0.1, 0.15) is 19.3 Å². The van der Waals surface area contributed by atoms with Gasteiger partial charge in [-0.05, 0) is 43.5 Å². The van der Waals surface area contributed by atoms with Crippen molar-refractivity contribution in [3.05, 3.63) is 30.5 Å². The highest BCUT2D eigenvalue weighted by atomic mass is 15.4. The number of fused-ring (bicyclic) bond motifs is 1. The van der Waals surface area contributed by atoms with E-state index in [0.29, 0.717) is 0 Å². The molecule has 1 aromatic carbocycles. The van der Waals surface area contributed by atoms with Crippen LogP contribution in [0.15, 0.2) is 30.5 Å². The summed E-state index contributed by atoms with van der Waals surface area (Å²) >= 11 is 0. The second kappa shape index (κ2) is 4.91. The minimum Gasteiger partial charge on any atom is -0.361 e. The molecule has 0 atom stereocenters. The van der Waals surface area contributed by atoms with E-state index in [2.05, 4.69) is 39.2 Å². The Balaban J connectivity index is 1.71. The van der Waals surface area contributed by atoms with Crippen LogP contribution in [-0.4, -0.2) is 32.8 Å². The van der Waals surface area contributed by atoms with Gasteiger partial charge < -0.3 is 9.88 Å². The molecule has 21 heavy (non-hydrogen) atoms. The van der Waals surface area contributed by atoms with Crippen LogP contribution in [0.5, 0.6) is 0 Å². The molecule has 1 fully saturated rings. The minimum atomic E-state index is 0.807. The molecule has 3 aromatic rings. The lowest BCUT2D eigenvalue weighted by Gasteiger charge is -2.26. The molecule has 4 rings (SSSR count). The normalized spacial score (nSPS) is 15.8. The van der Waals surface area contributed by atoms with Crippen LogP contribution >= 0.6 is 0 Å². The van der Waals surface area contributed by atoms with Gasteiger partial charge in [0.15, 0.2) is 5.82 Å². The van der Waals surface area contributed by atoms with E-state index in [4.69, 9.17) is 4.98 Å². The average molecular weight is 281 g/mol. The van der Waals surface area contributed by atoms with Crippen molar-refractivity contribution >= 4 is 16.9 Å². The molecule has 0 saturated carbocycles. The lowest BCUT2D eigenvalue weighted by Crippen LogP contribution is -2.31. The number of aromatic nitrogens is 4. The van der Waals surface area contributed by atoms with Crippen LogP contribution in [0.25, 0.3) is 22.3 Å². The summed E-state index contributed by atoms with van der Waals surface area (Å²) in [5.41, 5.74) is 2.21. The molecule has 5 nitrogen and oxygen atoms in total. The third kappa shape index (κ3) is 2.18. The van der Waals surface area contributed by atoms with Gasteiger partial charge in [-0.1, -0.05) is 0 Å². The third-order valence-corrected chi connectivity index (χ3v) is 4.19.